The lowest BCUT2D eigenvalue weighted by Gasteiger charge is -2.18. The van der Waals surface area contributed by atoms with Crippen molar-refractivity contribution in [3.05, 3.63) is 29.8 Å². The second kappa shape index (κ2) is 6.93. The summed E-state index contributed by atoms with van der Waals surface area (Å²) >= 11 is 0. The Bertz CT molecular complexity index is 737. The van der Waals surface area contributed by atoms with Gasteiger partial charge in [-0.25, -0.2) is 12.7 Å². The fourth-order valence-corrected chi connectivity index (χ4v) is 4.79. The van der Waals surface area contributed by atoms with Gasteiger partial charge in [-0.1, -0.05) is 31.7 Å². The van der Waals surface area contributed by atoms with E-state index in [0.717, 1.165) is 30.0 Å². The van der Waals surface area contributed by atoms with Crippen LogP contribution in [0.25, 0.3) is 0 Å². The van der Waals surface area contributed by atoms with Crippen LogP contribution >= 0.6 is 0 Å². The zero-order valence-corrected chi connectivity index (χ0v) is 14.3. The third kappa shape index (κ3) is 3.61. The highest BCUT2D eigenvalue weighted by molar-refractivity contribution is 7.94. The van der Waals surface area contributed by atoms with Crippen molar-refractivity contribution in [2.45, 2.75) is 51.0 Å². The largest absolute Gasteiger partial charge is 0.349 e. The molecular formula is C17H22N2O4S. The minimum Gasteiger partial charge on any atom is -0.349 e. The smallest absolute Gasteiger partial charge is 0.251 e. The van der Waals surface area contributed by atoms with Gasteiger partial charge in [0.05, 0.1) is 11.4 Å². The second-order valence-corrected chi connectivity index (χ2v) is 8.37. The monoisotopic (exact) mass is 350 g/mol. The van der Waals surface area contributed by atoms with E-state index in [1.165, 1.54) is 18.9 Å². The molecule has 1 saturated heterocycles. The van der Waals surface area contributed by atoms with Crippen LogP contribution in [-0.4, -0.2) is 32.0 Å². The Morgan fingerprint density at radius 2 is 1.83 bits per heavy atom. The summed E-state index contributed by atoms with van der Waals surface area (Å²) in [5.41, 5.74) is 0.623. The quantitative estimate of drug-likeness (QED) is 0.847. The number of carbonyl (C=O) groups is 2. The van der Waals surface area contributed by atoms with Crippen molar-refractivity contribution in [1.29, 1.82) is 0 Å². The van der Waals surface area contributed by atoms with Crippen LogP contribution in [0.1, 0.15) is 55.3 Å². The minimum atomic E-state index is -3.61. The van der Waals surface area contributed by atoms with Crippen molar-refractivity contribution in [2.24, 2.45) is 0 Å². The first-order chi connectivity index (χ1) is 11.5. The van der Waals surface area contributed by atoms with E-state index in [1.54, 1.807) is 18.2 Å². The Hall–Kier alpha value is -1.89. The topological polar surface area (TPSA) is 83.6 Å². The number of hydrogen-bond donors (Lipinski definition) is 1. The zero-order chi connectivity index (χ0) is 17.2. The molecule has 2 fully saturated rings. The van der Waals surface area contributed by atoms with E-state index in [-0.39, 0.29) is 29.8 Å². The first-order valence-electron chi connectivity index (χ1n) is 8.44. The summed E-state index contributed by atoms with van der Waals surface area (Å²) in [5.74, 6) is -0.839. The summed E-state index contributed by atoms with van der Waals surface area (Å²) in [4.78, 5) is 24.3. The number of nitrogens with zero attached hydrogens (tertiary/aromatic N) is 1. The molecule has 0 unspecified atom stereocenters. The molecule has 24 heavy (non-hydrogen) atoms. The normalized spacial score (nSPS) is 21.5. The first kappa shape index (κ1) is 17.0. The second-order valence-electron chi connectivity index (χ2n) is 6.44. The highest BCUT2D eigenvalue weighted by Gasteiger charge is 2.36. The van der Waals surface area contributed by atoms with Crippen LogP contribution in [0.15, 0.2) is 24.3 Å². The first-order valence-corrected chi connectivity index (χ1v) is 10.0. The molecule has 0 radical (unpaired) electrons. The van der Waals surface area contributed by atoms with Crippen LogP contribution in [0.5, 0.6) is 0 Å². The van der Waals surface area contributed by atoms with Crippen LogP contribution in [0.2, 0.25) is 0 Å². The Balaban J connectivity index is 1.77. The van der Waals surface area contributed by atoms with Crippen molar-refractivity contribution in [3.63, 3.8) is 0 Å². The van der Waals surface area contributed by atoms with Crippen LogP contribution in [0.4, 0.5) is 5.69 Å². The number of hydrogen-bond acceptors (Lipinski definition) is 4. The molecule has 1 aliphatic carbocycles. The molecule has 130 valence electrons. The van der Waals surface area contributed by atoms with E-state index in [2.05, 4.69) is 5.32 Å². The van der Waals surface area contributed by atoms with Gasteiger partial charge in [-0.3, -0.25) is 9.59 Å². The van der Waals surface area contributed by atoms with Gasteiger partial charge in [0.2, 0.25) is 15.9 Å². The van der Waals surface area contributed by atoms with Crippen molar-refractivity contribution < 1.29 is 18.0 Å². The van der Waals surface area contributed by atoms with Gasteiger partial charge in [-0.2, -0.15) is 0 Å². The summed E-state index contributed by atoms with van der Waals surface area (Å²) in [5, 5.41) is 3.03. The predicted molar refractivity (Wildman–Crippen MR) is 91.3 cm³/mol. The molecule has 1 heterocycles. The van der Waals surface area contributed by atoms with Crippen LogP contribution in [0, 0.1) is 0 Å². The zero-order valence-electron chi connectivity index (χ0n) is 13.5. The summed E-state index contributed by atoms with van der Waals surface area (Å²) in [6, 6.07) is 6.44. The number of carbonyl (C=O) groups excluding carboxylic acids is 2. The molecule has 1 aromatic carbocycles. The van der Waals surface area contributed by atoms with Gasteiger partial charge < -0.3 is 5.32 Å². The average Bonchev–Trinajstić information content (AvgIpc) is 2.72. The van der Waals surface area contributed by atoms with Gasteiger partial charge in [0.15, 0.2) is 0 Å². The molecule has 6 nitrogen and oxygen atoms in total. The maximum absolute atomic E-state index is 12.5. The van der Waals surface area contributed by atoms with Crippen LogP contribution < -0.4 is 9.62 Å². The van der Waals surface area contributed by atoms with E-state index in [1.807, 2.05) is 0 Å². The third-order valence-electron chi connectivity index (χ3n) is 4.61. The maximum Gasteiger partial charge on any atom is 0.251 e. The van der Waals surface area contributed by atoms with Gasteiger partial charge in [-0.15, -0.1) is 0 Å². The van der Waals surface area contributed by atoms with Crippen molar-refractivity contribution >= 4 is 27.5 Å². The van der Waals surface area contributed by atoms with Crippen LogP contribution in [-0.2, 0) is 14.8 Å². The highest BCUT2D eigenvalue weighted by atomic mass is 32.2. The molecular weight excluding hydrogens is 328 g/mol. The standard InChI is InChI=1S/C17H22N2O4S/c20-16-10-11-24(22,23)19(16)15-9-5-6-13(12-15)17(21)18-14-7-3-1-2-4-8-14/h5-6,9,12,14H,1-4,7-8,10-11H2,(H,18,21). The highest BCUT2D eigenvalue weighted by Crippen LogP contribution is 2.26. The Morgan fingerprint density at radius 1 is 1.12 bits per heavy atom. The third-order valence-corrected chi connectivity index (χ3v) is 6.30. The van der Waals surface area contributed by atoms with Crippen molar-refractivity contribution in [1.82, 2.24) is 5.32 Å². The molecule has 7 heteroatoms. The summed E-state index contributed by atoms with van der Waals surface area (Å²) in [6.45, 7) is 0. The predicted octanol–water partition coefficient (Wildman–Crippen LogP) is 2.21. The molecule has 0 spiro atoms. The number of amides is 2. The van der Waals surface area contributed by atoms with Gasteiger partial charge in [0, 0.05) is 18.0 Å². The fourth-order valence-electron chi connectivity index (χ4n) is 3.33. The molecule has 2 aliphatic rings. The number of rotatable bonds is 3. The van der Waals surface area contributed by atoms with Crippen LogP contribution in [0.3, 0.4) is 0 Å². The summed E-state index contributed by atoms with van der Waals surface area (Å²) in [7, 11) is -3.61. The molecule has 1 saturated carbocycles. The van der Waals surface area contributed by atoms with Gasteiger partial charge in [0.25, 0.3) is 5.91 Å². The van der Waals surface area contributed by atoms with Gasteiger partial charge in [0.1, 0.15) is 0 Å². The number of benzene rings is 1. The Kier molecular flexibility index (Phi) is 4.89. The maximum atomic E-state index is 12.5. The van der Waals surface area contributed by atoms with Gasteiger partial charge in [-0.05, 0) is 31.0 Å². The molecule has 0 atom stereocenters. The van der Waals surface area contributed by atoms with Gasteiger partial charge >= 0.3 is 0 Å². The molecule has 2 amide bonds. The lowest BCUT2D eigenvalue weighted by atomic mass is 10.1. The van der Waals surface area contributed by atoms with Crippen molar-refractivity contribution in [3.8, 4) is 0 Å². The lowest BCUT2D eigenvalue weighted by Crippen LogP contribution is -2.34. The van der Waals surface area contributed by atoms with E-state index < -0.39 is 15.9 Å². The van der Waals surface area contributed by atoms with E-state index in [4.69, 9.17) is 0 Å². The SMILES string of the molecule is O=C(NC1CCCCCC1)c1cccc(N2C(=O)CCS2(=O)=O)c1. The lowest BCUT2D eigenvalue weighted by molar-refractivity contribution is -0.116. The fraction of sp³-hybridized carbons (Fsp3) is 0.529. The minimum absolute atomic E-state index is 0.0131. The molecule has 3 rings (SSSR count). The van der Waals surface area contributed by atoms with Crippen molar-refractivity contribution in [2.75, 3.05) is 10.1 Å². The number of anilines is 1. The number of sulfonamides is 1. The van der Waals surface area contributed by atoms with E-state index >= 15 is 0 Å². The Labute approximate surface area is 142 Å². The Morgan fingerprint density at radius 3 is 2.46 bits per heavy atom. The summed E-state index contributed by atoms with van der Waals surface area (Å²) in [6.07, 6.45) is 6.58. The molecule has 0 aromatic heterocycles. The molecule has 1 N–H and O–H groups in total. The van der Waals surface area contributed by atoms with E-state index in [9.17, 15) is 18.0 Å². The molecule has 1 aromatic rings. The average molecular weight is 350 g/mol. The molecule has 0 bridgehead atoms. The van der Waals surface area contributed by atoms with E-state index in [0.29, 0.717) is 5.56 Å². The number of nitrogens with one attached hydrogen (secondary N) is 1. The molecule has 1 aliphatic heterocycles. The summed E-state index contributed by atoms with van der Waals surface area (Å²) < 4.78 is 24.8.